The molecular formula is C10H19NO. The van der Waals surface area contributed by atoms with E-state index in [0.29, 0.717) is 12.1 Å². The van der Waals surface area contributed by atoms with Crippen molar-refractivity contribution in [2.24, 2.45) is 0 Å². The van der Waals surface area contributed by atoms with Crippen molar-refractivity contribution in [1.82, 2.24) is 5.32 Å². The highest BCUT2D eigenvalue weighted by Gasteiger charge is 2.23. The first kappa shape index (κ1) is 9.75. The summed E-state index contributed by atoms with van der Waals surface area (Å²) in [6.45, 7) is 6.93. The summed E-state index contributed by atoms with van der Waals surface area (Å²) in [6, 6.07) is 0.338. The zero-order chi connectivity index (χ0) is 8.97. The Hall–Kier alpha value is -0.340. The molecule has 1 aliphatic rings. The molecule has 0 aromatic carbocycles. The van der Waals surface area contributed by atoms with Gasteiger partial charge in [-0.15, -0.1) is 0 Å². The average Bonchev–Trinajstić information content (AvgIpc) is 2.07. The van der Waals surface area contributed by atoms with E-state index in [4.69, 9.17) is 4.74 Å². The van der Waals surface area contributed by atoms with Crippen LogP contribution in [0.5, 0.6) is 0 Å². The Morgan fingerprint density at radius 2 is 2.33 bits per heavy atom. The number of likely N-dealkylation sites (N-methyl/N-ethyl adjacent to an activating group) is 1. The maximum atomic E-state index is 5.67. The predicted molar refractivity (Wildman–Crippen MR) is 51.3 cm³/mol. The lowest BCUT2D eigenvalue weighted by Crippen LogP contribution is -2.41. The van der Waals surface area contributed by atoms with E-state index in [-0.39, 0.29) is 0 Å². The van der Waals surface area contributed by atoms with E-state index in [9.17, 15) is 0 Å². The van der Waals surface area contributed by atoms with Crippen LogP contribution in [0.4, 0.5) is 0 Å². The van der Waals surface area contributed by atoms with E-state index in [2.05, 4.69) is 18.8 Å². The molecule has 0 radical (unpaired) electrons. The molecule has 1 fully saturated rings. The SMILES string of the molecule is C=C(C)C(NC)C1CCCCO1. The van der Waals surface area contributed by atoms with Gasteiger partial charge in [0.05, 0.1) is 12.1 Å². The largest absolute Gasteiger partial charge is 0.376 e. The van der Waals surface area contributed by atoms with Crippen molar-refractivity contribution in [2.45, 2.75) is 38.3 Å². The van der Waals surface area contributed by atoms with Gasteiger partial charge in [-0.05, 0) is 33.2 Å². The molecule has 12 heavy (non-hydrogen) atoms. The molecule has 0 aromatic rings. The molecule has 1 heterocycles. The molecule has 0 saturated carbocycles. The number of hydrogen-bond acceptors (Lipinski definition) is 2. The fraction of sp³-hybridized carbons (Fsp3) is 0.800. The first-order valence-corrected chi connectivity index (χ1v) is 4.70. The maximum Gasteiger partial charge on any atom is 0.0766 e. The molecule has 0 amide bonds. The highest BCUT2D eigenvalue weighted by molar-refractivity contribution is 5.05. The van der Waals surface area contributed by atoms with E-state index < -0.39 is 0 Å². The van der Waals surface area contributed by atoms with Crippen molar-refractivity contribution in [3.63, 3.8) is 0 Å². The lowest BCUT2D eigenvalue weighted by atomic mass is 9.98. The normalized spacial score (nSPS) is 26.7. The van der Waals surface area contributed by atoms with Crippen LogP contribution in [0.1, 0.15) is 26.2 Å². The summed E-state index contributed by atoms with van der Waals surface area (Å²) >= 11 is 0. The van der Waals surface area contributed by atoms with Crippen molar-refractivity contribution in [2.75, 3.05) is 13.7 Å². The summed E-state index contributed by atoms with van der Waals surface area (Å²) in [5, 5.41) is 3.25. The smallest absolute Gasteiger partial charge is 0.0766 e. The topological polar surface area (TPSA) is 21.3 Å². The third-order valence-electron chi connectivity index (χ3n) is 2.43. The molecule has 70 valence electrons. The van der Waals surface area contributed by atoms with E-state index in [1.165, 1.54) is 24.8 Å². The standard InChI is InChI=1S/C10H19NO/c1-8(2)10(11-3)9-6-4-5-7-12-9/h9-11H,1,4-7H2,2-3H3. The summed E-state index contributed by atoms with van der Waals surface area (Å²) in [5.41, 5.74) is 1.17. The van der Waals surface area contributed by atoms with Crippen molar-refractivity contribution >= 4 is 0 Å². The van der Waals surface area contributed by atoms with Crippen LogP contribution in [-0.4, -0.2) is 25.8 Å². The first-order valence-electron chi connectivity index (χ1n) is 4.70. The van der Waals surface area contributed by atoms with Gasteiger partial charge < -0.3 is 10.1 Å². The van der Waals surface area contributed by atoms with E-state index in [1.54, 1.807) is 0 Å². The van der Waals surface area contributed by atoms with Gasteiger partial charge >= 0.3 is 0 Å². The molecule has 2 unspecified atom stereocenters. The van der Waals surface area contributed by atoms with Gasteiger partial charge in [-0.2, -0.15) is 0 Å². The van der Waals surface area contributed by atoms with Crippen molar-refractivity contribution < 1.29 is 4.74 Å². The molecule has 1 N–H and O–H groups in total. The molecule has 0 aromatic heterocycles. The molecule has 2 heteroatoms. The minimum Gasteiger partial charge on any atom is -0.376 e. The molecule has 0 aliphatic carbocycles. The van der Waals surface area contributed by atoms with E-state index in [0.717, 1.165) is 6.61 Å². The highest BCUT2D eigenvalue weighted by atomic mass is 16.5. The summed E-state index contributed by atoms with van der Waals surface area (Å²) < 4.78 is 5.67. The van der Waals surface area contributed by atoms with E-state index >= 15 is 0 Å². The number of hydrogen-bond donors (Lipinski definition) is 1. The van der Waals surface area contributed by atoms with Gasteiger partial charge in [0.1, 0.15) is 0 Å². The molecular weight excluding hydrogens is 150 g/mol. The lowest BCUT2D eigenvalue weighted by molar-refractivity contribution is 0.00153. The maximum absolute atomic E-state index is 5.67. The van der Waals surface area contributed by atoms with Crippen molar-refractivity contribution in [3.8, 4) is 0 Å². The third kappa shape index (κ3) is 2.32. The summed E-state index contributed by atoms with van der Waals surface area (Å²) in [5.74, 6) is 0. The van der Waals surface area contributed by atoms with Crippen LogP contribution in [0.2, 0.25) is 0 Å². The first-order chi connectivity index (χ1) is 5.75. The minimum absolute atomic E-state index is 0.338. The van der Waals surface area contributed by atoms with Gasteiger partial charge in [0.25, 0.3) is 0 Å². The van der Waals surface area contributed by atoms with Crippen LogP contribution >= 0.6 is 0 Å². The van der Waals surface area contributed by atoms with Gasteiger partial charge in [-0.3, -0.25) is 0 Å². The third-order valence-corrected chi connectivity index (χ3v) is 2.43. The Morgan fingerprint density at radius 3 is 2.75 bits per heavy atom. The lowest BCUT2D eigenvalue weighted by Gasteiger charge is -2.30. The predicted octanol–water partition coefficient (Wildman–Crippen LogP) is 1.72. The number of rotatable bonds is 3. The Bertz CT molecular complexity index is 150. The quantitative estimate of drug-likeness (QED) is 0.649. The second kappa shape index (κ2) is 4.63. The van der Waals surface area contributed by atoms with Crippen LogP contribution in [0.3, 0.4) is 0 Å². The number of ether oxygens (including phenoxy) is 1. The van der Waals surface area contributed by atoms with Gasteiger partial charge in [0.15, 0.2) is 0 Å². The zero-order valence-electron chi connectivity index (χ0n) is 8.10. The monoisotopic (exact) mass is 169 g/mol. The second-order valence-corrected chi connectivity index (χ2v) is 3.52. The Kier molecular flexibility index (Phi) is 3.76. The number of nitrogens with one attached hydrogen (secondary N) is 1. The molecule has 2 atom stereocenters. The molecule has 1 rings (SSSR count). The Labute approximate surface area is 75.0 Å². The van der Waals surface area contributed by atoms with Crippen molar-refractivity contribution in [3.05, 3.63) is 12.2 Å². The molecule has 2 nitrogen and oxygen atoms in total. The van der Waals surface area contributed by atoms with Crippen LogP contribution in [0.25, 0.3) is 0 Å². The summed E-state index contributed by atoms with van der Waals surface area (Å²) in [4.78, 5) is 0. The van der Waals surface area contributed by atoms with Gasteiger partial charge in [0.2, 0.25) is 0 Å². The molecule has 0 bridgehead atoms. The molecule has 1 aliphatic heterocycles. The average molecular weight is 169 g/mol. The second-order valence-electron chi connectivity index (χ2n) is 3.52. The van der Waals surface area contributed by atoms with Gasteiger partial charge in [0, 0.05) is 6.61 Å². The van der Waals surface area contributed by atoms with Crippen LogP contribution < -0.4 is 5.32 Å². The van der Waals surface area contributed by atoms with Crippen molar-refractivity contribution in [1.29, 1.82) is 0 Å². The van der Waals surface area contributed by atoms with Gasteiger partial charge in [-0.25, -0.2) is 0 Å². The Morgan fingerprint density at radius 1 is 1.58 bits per heavy atom. The minimum atomic E-state index is 0.338. The Balaban J connectivity index is 2.46. The zero-order valence-corrected chi connectivity index (χ0v) is 8.10. The van der Waals surface area contributed by atoms with E-state index in [1.807, 2.05) is 7.05 Å². The van der Waals surface area contributed by atoms with Crippen LogP contribution in [0.15, 0.2) is 12.2 Å². The van der Waals surface area contributed by atoms with Crippen LogP contribution in [-0.2, 0) is 4.74 Å². The summed E-state index contributed by atoms with van der Waals surface area (Å²) in [6.07, 6.45) is 4.01. The fourth-order valence-corrected chi connectivity index (χ4v) is 1.78. The highest BCUT2D eigenvalue weighted by Crippen LogP contribution is 2.18. The van der Waals surface area contributed by atoms with Gasteiger partial charge in [-0.1, -0.05) is 12.2 Å². The molecule has 0 spiro atoms. The van der Waals surface area contributed by atoms with Crippen LogP contribution in [0, 0.1) is 0 Å². The molecule has 1 saturated heterocycles. The summed E-state index contributed by atoms with van der Waals surface area (Å²) in [7, 11) is 1.97. The fourth-order valence-electron chi connectivity index (χ4n) is 1.78.